The van der Waals surface area contributed by atoms with E-state index in [1.165, 1.54) is 22.3 Å². The van der Waals surface area contributed by atoms with Crippen molar-refractivity contribution >= 4 is 37.7 Å². The molecule has 148 valence electrons. The summed E-state index contributed by atoms with van der Waals surface area (Å²) in [4.78, 5) is 5.80. The molecule has 1 N–H and O–H groups in total. The molecule has 4 rings (SSSR count). The van der Waals surface area contributed by atoms with Gasteiger partial charge in [0.25, 0.3) is 0 Å². The Morgan fingerprint density at radius 2 is 1.90 bits per heavy atom. The van der Waals surface area contributed by atoms with Gasteiger partial charge in [-0.25, -0.2) is 13.4 Å². The molecule has 0 saturated carbocycles. The number of aliphatic hydroxyl groups excluding tert-OH is 1. The second-order valence-corrected chi connectivity index (χ2v) is 9.12. The lowest BCUT2D eigenvalue weighted by Gasteiger charge is -2.30. The molecule has 0 spiro atoms. The first kappa shape index (κ1) is 19.3. The van der Waals surface area contributed by atoms with E-state index in [-0.39, 0.29) is 4.90 Å². The monoisotopic (exact) mass is 426 g/mol. The first-order chi connectivity index (χ1) is 13.9. The van der Waals surface area contributed by atoms with E-state index in [0.29, 0.717) is 16.5 Å². The van der Waals surface area contributed by atoms with Gasteiger partial charge in [0.15, 0.2) is 0 Å². The van der Waals surface area contributed by atoms with E-state index >= 15 is 0 Å². The lowest BCUT2D eigenvalue weighted by Crippen LogP contribution is -2.27. The summed E-state index contributed by atoms with van der Waals surface area (Å²) in [6, 6.07) is 14.0. The van der Waals surface area contributed by atoms with Crippen LogP contribution in [-0.2, 0) is 16.3 Å². The van der Waals surface area contributed by atoms with Crippen LogP contribution in [0, 0.1) is 6.92 Å². The average Bonchev–Trinajstić information content (AvgIpc) is 3.16. The fourth-order valence-electron chi connectivity index (χ4n) is 2.99. The maximum absolute atomic E-state index is 13.2. The summed E-state index contributed by atoms with van der Waals surface area (Å²) >= 11 is 1.26. The Kier molecular flexibility index (Phi) is 4.93. The molecule has 0 atom stereocenters. The summed E-state index contributed by atoms with van der Waals surface area (Å²) in [7, 11) is -4.05. The van der Waals surface area contributed by atoms with Crippen LogP contribution in [0.3, 0.4) is 0 Å². The zero-order valence-electron chi connectivity index (χ0n) is 15.8. The predicted octanol–water partition coefficient (Wildman–Crippen LogP) is 5.41. The van der Waals surface area contributed by atoms with E-state index < -0.39 is 20.7 Å². The number of hydrogen-bond donors (Lipinski definition) is 1. The molecule has 1 aromatic heterocycles. The van der Waals surface area contributed by atoms with Crippen LogP contribution in [0.4, 0.5) is 16.5 Å². The first-order valence-corrected chi connectivity index (χ1v) is 11.3. The summed E-state index contributed by atoms with van der Waals surface area (Å²) in [6.45, 7) is 3.83. The van der Waals surface area contributed by atoms with Crippen LogP contribution < -0.4 is 4.90 Å². The number of benzene rings is 2. The van der Waals surface area contributed by atoms with Crippen LogP contribution in [0.2, 0.25) is 0 Å². The SMILES string of the molecule is CCc1csc(N=NC2=C(O)N(c3ccccc3)c3cc(C)ccc3S2(=O)=O)n1. The Morgan fingerprint density at radius 1 is 1.14 bits per heavy atom. The lowest BCUT2D eigenvalue weighted by molar-refractivity contribution is 0.395. The van der Waals surface area contributed by atoms with E-state index in [0.717, 1.165) is 17.7 Å². The lowest BCUT2D eigenvalue weighted by atomic mass is 10.2. The highest BCUT2D eigenvalue weighted by Crippen LogP contribution is 2.43. The number of azo groups is 1. The second-order valence-electron chi connectivity index (χ2n) is 6.45. The molecule has 0 amide bonds. The normalized spacial score (nSPS) is 15.7. The molecular formula is C20H18N4O3S2. The van der Waals surface area contributed by atoms with Crippen molar-refractivity contribution in [2.75, 3.05) is 4.90 Å². The van der Waals surface area contributed by atoms with E-state index in [9.17, 15) is 13.5 Å². The van der Waals surface area contributed by atoms with Crippen LogP contribution >= 0.6 is 11.3 Å². The summed E-state index contributed by atoms with van der Waals surface area (Å²) in [5, 5.41) is 20.5. The fourth-order valence-corrected chi connectivity index (χ4v) is 5.07. The number of sulfone groups is 1. The summed E-state index contributed by atoms with van der Waals surface area (Å²) in [6.07, 6.45) is 0.743. The van der Waals surface area contributed by atoms with Gasteiger partial charge in [-0.2, -0.15) is 0 Å². The molecule has 1 aliphatic rings. The molecule has 0 aliphatic carbocycles. The van der Waals surface area contributed by atoms with Gasteiger partial charge in [0.1, 0.15) is 0 Å². The molecule has 0 bridgehead atoms. The largest absolute Gasteiger partial charge is 0.492 e. The molecule has 0 unspecified atom stereocenters. The van der Waals surface area contributed by atoms with Gasteiger partial charge in [0, 0.05) is 11.1 Å². The number of aromatic nitrogens is 1. The molecule has 1 aliphatic heterocycles. The van der Waals surface area contributed by atoms with Gasteiger partial charge in [0.05, 0.1) is 16.3 Å². The average molecular weight is 427 g/mol. The van der Waals surface area contributed by atoms with E-state index in [1.807, 2.05) is 37.4 Å². The number of aliphatic hydroxyl groups is 1. The van der Waals surface area contributed by atoms with Crippen molar-refractivity contribution in [1.29, 1.82) is 0 Å². The molecule has 2 aromatic carbocycles. The Bertz CT molecular complexity index is 1230. The summed E-state index contributed by atoms with van der Waals surface area (Å²) < 4.78 is 26.3. The number of hydrogen-bond acceptors (Lipinski definition) is 8. The molecular weight excluding hydrogens is 408 g/mol. The molecule has 9 heteroatoms. The van der Waals surface area contributed by atoms with Crippen LogP contribution in [0.15, 0.2) is 79.9 Å². The molecule has 3 aromatic rings. The first-order valence-electron chi connectivity index (χ1n) is 8.92. The van der Waals surface area contributed by atoms with Gasteiger partial charge in [-0.15, -0.1) is 21.6 Å². The number of thiazole rings is 1. The number of aryl methyl sites for hydroxylation is 2. The summed E-state index contributed by atoms with van der Waals surface area (Å²) in [5.74, 6) is -0.495. The van der Waals surface area contributed by atoms with Gasteiger partial charge >= 0.3 is 0 Å². The van der Waals surface area contributed by atoms with E-state index in [1.54, 1.807) is 24.3 Å². The highest BCUT2D eigenvalue weighted by Gasteiger charge is 2.38. The molecule has 0 fully saturated rings. The third kappa shape index (κ3) is 3.43. The van der Waals surface area contributed by atoms with Crippen LogP contribution in [-0.4, -0.2) is 18.5 Å². The number of nitrogens with zero attached hydrogens (tertiary/aromatic N) is 4. The Labute approximate surface area is 172 Å². The van der Waals surface area contributed by atoms with Crippen molar-refractivity contribution < 1.29 is 13.5 Å². The minimum absolute atomic E-state index is 0.0621. The number of fused-ring (bicyclic) bond motifs is 1. The van der Waals surface area contributed by atoms with Crippen molar-refractivity contribution in [1.82, 2.24) is 4.98 Å². The van der Waals surface area contributed by atoms with Gasteiger partial charge in [-0.3, -0.25) is 4.90 Å². The number of para-hydroxylation sites is 1. The number of rotatable bonds is 4. The molecule has 0 saturated heterocycles. The highest BCUT2D eigenvalue weighted by atomic mass is 32.2. The smallest absolute Gasteiger partial charge is 0.242 e. The Morgan fingerprint density at radius 3 is 2.59 bits per heavy atom. The van der Waals surface area contributed by atoms with Crippen LogP contribution in [0.1, 0.15) is 18.2 Å². The van der Waals surface area contributed by atoms with Crippen molar-refractivity contribution in [3.63, 3.8) is 0 Å². The van der Waals surface area contributed by atoms with Gasteiger partial charge in [0.2, 0.25) is 25.9 Å². The molecule has 0 radical (unpaired) electrons. The Balaban J connectivity index is 1.90. The van der Waals surface area contributed by atoms with Gasteiger partial charge in [-0.1, -0.05) is 31.2 Å². The fraction of sp³-hybridized carbons (Fsp3) is 0.150. The Hall–Kier alpha value is -3.04. The third-order valence-electron chi connectivity index (χ3n) is 4.45. The summed E-state index contributed by atoms with van der Waals surface area (Å²) in [5.41, 5.74) is 2.70. The third-order valence-corrected chi connectivity index (χ3v) is 6.92. The van der Waals surface area contributed by atoms with Crippen LogP contribution in [0.5, 0.6) is 0 Å². The molecule has 2 heterocycles. The maximum atomic E-state index is 13.2. The maximum Gasteiger partial charge on any atom is 0.242 e. The van der Waals surface area contributed by atoms with Crippen molar-refractivity contribution in [2.45, 2.75) is 25.2 Å². The van der Waals surface area contributed by atoms with Crippen LogP contribution in [0.25, 0.3) is 0 Å². The van der Waals surface area contributed by atoms with Crippen molar-refractivity contribution in [2.24, 2.45) is 10.2 Å². The molecule has 29 heavy (non-hydrogen) atoms. The topological polar surface area (TPSA) is 95.2 Å². The van der Waals surface area contributed by atoms with Crippen molar-refractivity contribution in [3.8, 4) is 0 Å². The predicted molar refractivity (Wildman–Crippen MR) is 113 cm³/mol. The van der Waals surface area contributed by atoms with E-state index in [4.69, 9.17) is 0 Å². The highest BCUT2D eigenvalue weighted by molar-refractivity contribution is 7.95. The minimum atomic E-state index is -4.05. The van der Waals surface area contributed by atoms with Crippen molar-refractivity contribution in [3.05, 3.63) is 76.1 Å². The zero-order valence-corrected chi connectivity index (χ0v) is 17.4. The zero-order chi connectivity index (χ0) is 20.6. The second kappa shape index (κ2) is 7.41. The quantitative estimate of drug-likeness (QED) is 0.563. The molecule has 7 nitrogen and oxygen atoms in total. The van der Waals surface area contributed by atoms with Gasteiger partial charge in [-0.05, 0) is 43.2 Å². The standard InChI is InChI=1S/C20H18N4O3S2/c1-3-14-12-28-20(21-14)23-22-18-19(25)24(15-7-5-4-6-8-15)16-11-13(2)9-10-17(16)29(18,26)27/h4-12,25H,3H2,1-2H3. The minimum Gasteiger partial charge on any atom is -0.492 e. The number of anilines is 2. The van der Waals surface area contributed by atoms with Gasteiger partial charge < -0.3 is 5.11 Å². The van der Waals surface area contributed by atoms with E-state index in [2.05, 4.69) is 15.2 Å².